The van der Waals surface area contributed by atoms with Crippen LogP contribution < -0.4 is 5.32 Å². The number of hydrogen-bond donors (Lipinski definition) is 2. The van der Waals surface area contributed by atoms with Crippen molar-refractivity contribution >= 4 is 37.8 Å². The molecule has 1 amide bonds. The maximum absolute atomic E-state index is 11.4. The lowest BCUT2D eigenvalue weighted by Crippen LogP contribution is -2.26. The summed E-state index contributed by atoms with van der Waals surface area (Å²) in [6, 6.07) is 5.29. The van der Waals surface area contributed by atoms with Gasteiger partial charge >= 0.3 is 0 Å². The van der Waals surface area contributed by atoms with Gasteiger partial charge in [0.1, 0.15) is 0 Å². The lowest BCUT2D eigenvalue weighted by molar-refractivity contribution is 0.0944. The zero-order valence-corrected chi connectivity index (χ0v) is 10.4. The predicted molar refractivity (Wildman–Crippen MR) is 61.3 cm³/mol. The molecule has 2 N–H and O–H groups in total. The Labute approximate surface area is 98.8 Å². The fourth-order valence-electron chi connectivity index (χ4n) is 0.956. The molecule has 0 aliphatic rings. The van der Waals surface area contributed by atoms with Crippen molar-refractivity contribution in [3.05, 3.63) is 32.7 Å². The van der Waals surface area contributed by atoms with Crippen molar-refractivity contribution in [3.8, 4) is 0 Å². The molecule has 0 radical (unpaired) electrons. The highest BCUT2D eigenvalue weighted by atomic mass is 79.9. The summed E-state index contributed by atoms with van der Waals surface area (Å²) >= 11 is 6.58. The molecular weight excluding hydrogens is 314 g/mol. The molecule has 0 heterocycles. The van der Waals surface area contributed by atoms with Crippen molar-refractivity contribution in [2.45, 2.75) is 0 Å². The molecule has 0 spiro atoms. The summed E-state index contributed by atoms with van der Waals surface area (Å²) in [6.07, 6.45) is 0. The van der Waals surface area contributed by atoms with Gasteiger partial charge in [0.25, 0.3) is 5.91 Å². The second kappa shape index (κ2) is 5.48. The number of aliphatic hydroxyl groups excluding tert-OH is 1. The SMILES string of the molecule is O=C(NCCO)c1cc(Br)cc(Br)c1. The number of amides is 1. The average molecular weight is 323 g/mol. The molecule has 3 nitrogen and oxygen atoms in total. The van der Waals surface area contributed by atoms with Crippen molar-refractivity contribution in [1.29, 1.82) is 0 Å². The third kappa shape index (κ3) is 3.40. The summed E-state index contributed by atoms with van der Waals surface area (Å²) in [5.74, 6) is -0.193. The van der Waals surface area contributed by atoms with Gasteiger partial charge in [-0.3, -0.25) is 4.79 Å². The summed E-state index contributed by atoms with van der Waals surface area (Å²) in [6.45, 7) is 0.212. The van der Waals surface area contributed by atoms with Gasteiger partial charge in [-0.25, -0.2) is 0 Å². The second-order valence-corrected chi connectivity index (χ2v) is 4.47. The highest BCUT2D eigenvalue weighted by molar-refractivity contribution is 9.11. The Morgan fingerprint density at radius 2 is 1.86 bits per heavy atom. The number of aliphatic hydroxyl groups is 1. The Morgan fingerprint density at radius 1 is 1.29 bits per heavy atom. The first-order valence-corrected chi connectivity index (χ1v) is 5.57. The van der Waals surface area contributed by atoms with Crippen LogP contribution in [0.5, 0.6) is 0 Å². The molecule has 0 saturated carbocycles. The molecule has 14 heavy (non-hydrogen) atoms. The third-order valence-corrected chi connectivity index (χ3v) is 2.44. The zero-order chi connectivity index (χ0) is 10.6. The van der Waals surface area contributed by atoms with E-state index in [0.29, 0.717) is 5.56 Å². The van der Waals surface area contributed by atoms with E-state index < -0.39 is 0 Å². The minimum atomic E-state index is -0.193. The van der Waals surface area contributed by atoms with Crippen LogP contribution in [0.3, 0.4) is 0 Å². The average Bonchev–Trinajstić information content (AvgIpc) is 2.12. The molecule has 1 rings (SSSR count). The number of benzene rings is 1. The van der Waals surface area contributed by atoms with Crippen LogP contribution in [-0.2, 0) is 0 Å². The van der Waals surface area contributed by atoms with E-state index in [0.717, 1.165) is 8.95 Å². The molecular formula is C9H9Br2NO2. The van der Waals surface area contributed by atoms with E-state index in [-0.39, 0.29) is 19.1 Å². The van der Waals surface area contributed by atoms with E-state index in [9.17, 15) is 4.79 Å². The fourth-order valence-corrected chi connectivity index (χ4v) is 2.25. The number of carbonyl (C=O) groups is 1. The zero-order valence-electron chi connectivity index (χ0n) is 7.26. The smallest absolute Gasteiger partial charge is 0.251 e. The number of halogens is 2. The van der Waals surface area contributed by atoms with Crippen LogP contribution >= 0.6 is 31.9 Å². The Morgan fingerprint density at radius 3 is 2.36 bits per heavy atom. The van der Waals surface area contributed by atoms with Gasteiger partial charge in [0, 0.05) is 21.1 Å². The quantitative estimate of drug-likeness (QED) is 0.893. The molecule has 0 saturated heterocycles. The van der Waals surface area contributed by atoms with Crippen LogP contribution in [0.1, 0.15) is 10.4 Å². The summed E-state index contributed by atoms with van der Waals surface area (Å²) in [5, 5.41) is 11.1. The highest BCUT2D eigenvalue weighted by Gasteiger charge is 2.06. The van der Waals surface area contributed by atoms with Gasteiger partial charge < -0.3 is 10.4 Å². The van der Waals surface area contributed by atoms with E-state index in [1.165, 1.54) is 0 Å². The minimum absolute atomic E-state index is 0.0546. The molecule has 0 unspecified atom stereocenters. The molecule has 0 aliphatic carbocycles. The summed E-state index contributed by atoms with van der Waals surface area (Å²) < 4.78 is 1.67. The predicted octanol–water partition coefficient (Wildman–Crippen LogP) is 1.93. The fraction of sp³-hybridized carbons (Fsp3) is 0.222. The van der Waals surface area contributed by atoms with Crippen molar-refractivity contribution in [1.82, 2.24) is 5.32 Å². The Bertz CT molecular complexity index is 321. The number of hydrogen-bond acceptors (Lipinski definition) is 2. The van der Waals surface area contributed by atoms with E-state index in [1.54, 1.807) is 12.1 Å². The lowest BCUT2D eigenvalue weighted by Gasteiger charge is -2.04. The molecule has 1 aromatic carbocycles. The van der Waals surface area contributed by atoms with Crippen molar-refractivity contribution < 1.29 is 9.90 Å². The lowest BCUT2D eigenvalue weighted by atomic mass is 10.2. The van der Waals surface area contributed by atoms with E-state index in [2.05, 4.69) is 37.2 Å². The number of carbonyl (C=O) groups excluding carboxylic acids is 1. The third-order valence-electron chi connectivity index (χ3n) is 1.52. The molecule has 76 valence electrons. The first-order valence-electron chi connectivity index (χ1n) is 3.98. The number of rotatable bonds is 3. The van der Waals surface area contributed by atoms with Crippen LogP contribution in [0, 0.1) is 0 Å². The molecule has 0 bridgehead atoms. The molecule has 0 fully saturated rings. The normalized spacial score (nSPS) is 9.93. The standard InChI is InChI=1S/C9H9Br2NO2/c10-7-3-6(4-8(11)5-7)9(14)12-1-2-13/h3-5,13H,1-2H2,(H,12,14). The summed E-state index contributed by atoms with van der Waals surface area (Å²) in [7, 11) is 0. The van der Waals surface area contributed by atoms with E-state index >= 15 is 0 Å². The van der Waals surface area contributed by atoms with Crippen LogP contribution in [0.4, 0.5) is 0 Å². The van der Waals surface area contributed by atoms with Crippen molar-refractivity contribution in [2.75, 3.05) is 13.2 Å². The Kier molecular flexibility index (Phi) is 4.57. The van der Waals surface area contributed by atoms with Crippen molar-refractivity contribution in [3.63, 3.8) is 0 Å². The number of nitrogens with one attached hydrogen (secondary N) is 1. The molecule has 1 aromatic rings. The van der Waals surface area contributed by atoms with Crippen LogP contribution in [0.2, 0.25) is 0 Å². The Balaban J connectivity index is 2.79. The minimum Gasteiger partial charge on any atom is -0.395 e. The first-order chi connectivity index (χ1) is 6.63. The molecule has 5 heteroatoms. The van der Waals surface area contributed by atoms with Gasteiger partial charge in [0.15, 0.2) is 0 Å². The maximum atomic E-state index is 11.4. The van der Waals surface area contributed by atoms with Crippen molar-refractivity contribution in [2.24, 2.45) is 0 Å². The van der Waals surface area contributed by atoms with Gasteiger partial charge in [-0.05, 0) is 18.2 Å². The monoisotopic (exact) mass is 321 g/mol. The summed E-state index contributed by atoms with van der Waals surface area (Å²) in [4.78, 5) is 11.4. The van der Waals surface area contributed by atoms with Crippen LogP contribution in [0.15, 0.2) is 27.1 Å². The topological polar surface area (TPSA) is 49.3 Å². The van der Waals surface area contributed by atoms with Gasteiger partial charge in [0.05, 0.1) is 6.61 Å². The van der Waals surface area contributed by atoms with Gasteiger partial charge in [-0.2, -0.15) is 0 Å². The maximum Gasteiger partial charge on any atom is 0.251 e. The highest BCUT2D eigenvalue weighted by Crippen LogP contribution is 2.19. The first kappa shape index (κ1) is 11.7. The molecule has 0 atom stereocenters. The Hall–Kier alpha value is -0.390. The second-order valence-electron chi connectivity index (χ2n) is 2.64. The van der Waals surface area contributed by atoms with E-state index in [4.69, 9.17) is 5.11 Å². The molecule has 0 aromatic heterocycles. The van der Waals surface area contributed by atoms with E-state index in [1.807, 2.05) is 6.07 Å². The van der Waals surface area contributed by atoms with Gasteiger partial charge in [-0.1, -0.05) is 31.9 Å². The van der Waals surface area contributed by atoms with Crippen LogP contribution in [0.25, 0.3) is 0 Å². The molecule has 0 aliphatic heterocycles. The summed E-state index contributed by atoms with van der Waals surface area (Å²) in [5.41, 5.74) is 0.555. The van der Waals surface area contributed by atoms with Crippen LogP contribution in [-0.4, -0.2) is 24.2 Å². The van der Waals surface area contributed by atoms with Gasteiger partial charge in [0.2, 0.25) is 0 Å². The van der Waals surface area contributed by atoms with Gasteiger partial charge in [-0.15, -0.1) is 0 Å². The largest absolute Gasteiger partial charge is 0.395 e.